The van der Waals surface area contributed by atoms with Crippen LogP contribution in [0.4, 0.5) is 5.69 Å². The summed E-state index contributed by atoms with van der Waals surface area (Å²) < 4.78 is 5.12. The molecule has 0 aliphatic carbocycles. The van der Waals surface area contributed by atoms with Crippen LogP contribution in [0.15, 0.2) is 18.2 Å². The lowest BCUT2D eigenvalue weighted by Gasteiger charge is -2.26. The van der Waals surface area contributed by atoms with Gasteiger partial charge in [-0.15, -0.1) is 12.4 Å². The van der Waals surface area contributed by atoms with Gasteiger partial charge in [-0.05, 0) is 30.7 Å². The van der Waals surface area contributed by atoms with Crippen molar-refractivity contribution in [3.63, 3.8) is 0 Å². The Hall–Kier alpha value is -1.28. The highest BCUT2D eigenvalue weighted by Gasteiger charge is 2.19. The fraction of sp³-hybridized carbons (Fsp3) is 0.529. The van der Waals surface area contributed by atoms with Crippen LogP contribution >= 0.6 is 24.2 Å². The molecule has 6 nitrogen and oxygen atoms in total. The Morgan fingerprint density at radius 2 is 2.04 bits per heavy atom. The molecule has 1 fully saturated rings. The van der Waals surface area contributed by atoms with Gasteiger partial charge in [0.05, 0.1) is 12.5 Å². The quantitative estimate of drug-likeness (QED) is 0.778. The number of aryl methyl sites for hydroxylation is 1. The van der Waals surface area contributed by atoms with Gasteiger partial charge >= 0.3 is 0 Å². The van der Waals surface area contributed by atoms with Crippen LogP contribution in [0.5, 0.6) is 0 Å². The SMILES string of the molecule is COC(CN)CC(=O)Nc1ccc(C(=O)N2CCSCC2)cc1C.Cl. The van der Waals surface area contributed by atoms with E-state index in [4.69, 9.17) is 10.5 Å². The first-order valence-electron chi connectivity index (χ1n) is 8.05. The third-order valence-electron chi connectivity index (χ3n) is 4.06. The Morgan fingerprint density at radius 1 is 1.36 bits per heavy atom. The van der Waals surface area contributed by atoms with Crippen molar-refractivity contribution >= 4 is 41.7 Å². The van der Waals surface area contributed by atoms with Crippen molar-refractivity contribution in [3.8, 4) is 0 Å². The summed E-state index contributed by atoms with van der Waals surface area (Å²) in [4.78, 5) is 26.4. The van der Waals surface area contributed by atoms with Gasteiger partial charge in [0.15, 0.2) is 0 Å². The van der Waals surface area contributed by atoms with Crippen LogP contribution in [0.2, 0.25) is 0 Å². The van der Waals surface area contributed by atoms with Gasteiger partial charge in [0.25, 0.3) is 5.91 Å². The van der Waals surface area contributed by atoms with Crippen LogP contribution in [0, 0.1) is 6.92 Å². The highest BCUT2D eigenvalue weighted by atomic mass is 35.5. The van der Waals surface area contributed by atoms with Gasteiger partial charge in [0.2, 0.25) is 5.91 Å². The normalized spacial score (nSPS) is 15.2. The minimum Gasteiger partial charge on any atom is -0.380 e. The minimum absolute atomic E-state index is 0. The molecule has 0 bridgehead atoms. The second-order valence-corrected chi connectivity index (χ2v) is 7.00. The molecule has 1 aromatic carbocycles. The molecule has 8 heteroatoms. The second kappa shape index (κ2) is 10.7. The van der Waals surface area contributed by atoms with E-state index in [1.54, 1.807) is 12.1 Å². The Balaban J connectivity index is 0.00000312. The van der Waals surface area contributed by atoms with Gasteiger partial charge in [0.1, 0.15) is 0 Å². The number of thioether (sulfide) groups is 1. The molecular formula is C17H26ClN3O3S. The Kier molecular flexibility index (Phi) is 9.27. The molecule has 0 saturated carbocycles. The van der Waals surface area contributed by atoms with Crippen LogP contribution in [0.1, 0.15) is 22.3 Å². The third-order valence-corrected chi connectivity index (χ3v) is 5.00. The molecule has 1 aromatic rings. The van der Waals surface area contributed by atoms with Crippen molar-refractivity contribution in [1.29, 1.82) is 0 Å². The van der Waals surface area contributed by atoms with Gasteiger partial charge < -0.3 is 20.7 Å². The van der Waals surface area contributed by atoms with Crippen LogP contribution in [0.3, 0.4) is 0 Å². The van der Waals surface area contributed by atoms with Crippen molar-refractivity contribution in [3.05, 3.63) is 29.3 Å². The van der Waals surface area contributed by atoms with Gasteiger partial charge in [-0.3, -0.25) is 9.59 Å². The number of anilines is 1. The molecule has 1 heterocycles. The molecule has 2 amide bonds. The van der Waals surface area contributed by atoms with Crippen molar-refractivity contribution < 1.29 is 14.3 Å². The third kappa shape index (κ3) is 6.18. The largest absolute Gasteiger partial charge is 0.380 e. The summed E-state index contributed by atoms with van der Waals surface area (Å²) in [6.45, 7) is 3.76. The van der Waals surface area contributed by atoms with E-state index in [1.165, 1.54) is 7.11 Å². The van der Waals surface area contributed by atoms with Crippen LogP contribution in [0.25, 0.3) is 0 Å². The first-order valence-corrected chi connectivity index (χ1v) is 9.21. The Morgan fingerprint density at radius 3 is 2.60 bits per heavy atom. The van der Waals surface area contributed by atoms with Crippen LogP contribution in [-0.4, -0.2) is 61.1 Å². The van der Waals surface area contributed by atoms with E-state index in [0.717, 1.165) is 30.2 Å². The molecule has 1 aliphatic heterocycles. The molecule has 1 aliphatic rings. The number of rotatable bonds is 6. The van der Waals surface area contributed by atoms with Crippen molar-refractivity contribution in [1.82, 2.24) is 4.90 Å². The molecule has 0 spiro atoms. The van der Waals surface area contributed by atoms with E-state index in [2.05, 4.69) is 5.32 Å². The van der Waals surface area contributed by atoms with E-state index in [-0.39, 0.29) is 36.7 Å². The minimum atomic E-state index is -0.289. The van der Waals surface area contributed by atoms with E-state index in [0.29, 0.717) is 17.8 Å². The lowest BCUT2D eigenvalue weighted by atomic mass is 10.1. The van der Waals surface area contributed by atoms with Crippen LogP contribution in [-0.2, 0) is 9.53 Å². The maximum Gasteiger partial charge on any atom is 0.253 e. The lowest BCUT2D eigenvalue weighted by molar-refractivity contribution is -0.118. The second-order valence-electron chi connectivity index (χ2n) is 5.78. The Labute approximate surface area is 159 Å². The highest BCUT2D eigenvalue weighted by Crippen LogP contribution is 2.20. The maximum absolute atomic E-state index is 12.5. The van der Waals surface area contributed by atoms with Gasteiger partial charge in [0, 0.05) is 49.5 Å². The summed E-state index contributed by atoms with van der Waals surface area (Å²) in [5.74, 6) is 1.88. The van der Waals surface area contributed by atoms with Gasteiger partial charge in [-0.1, -0.05) is 0 Å². The standard InChI is InChI=1S/C17H25N3O3S.ClH/c1-12-9-13(17(22)20-5-7-24-8-6-20)3-4-15(12)19-16(21)10-14(11-18)23-2;/h3-4,9,14H,5-8,10-11,18H2,1-2H3,(H,19,21);1H. The van der Waals surface area contributed by atoms with Crippen molar-refractivity contribution in [2.75, 3.05) is 43.6 Å². The first kappa shape index (κ1) is 21.8. The number of nitrogens with zero attached hydrogens (tertiary/aromatic N) is 1. The average molecular weight is 388 g/mol. The number of benzene rings is 1. The monoisotopic (exact) mass is 387 g/mol. The van der Waals surface area contributed by atoms with E-state index in [1.807, 2.05) is 29.7 Å². The van der Waals surface area contributed by atoms with E-state index in [9.17, 15) is 9.59 Å². The number of carbonyl (C=O) groups is 2. The number of carbonyl (C=O) groups excluding carboxylic acids is 2. The average Bonchev–Trinajstić information content (AvgIpc) is 2.61. The van der Waals surface area contributed by atoms with Gasteiger partial charge in [-0.25, -0.2) is 0 Å². The summed E-state index contributed by atoms with van der Waals surface area (Å²) in [5, 5.41) is 2.85. The fourth-order valence-electron chi connectivity index (χ4n) is 2.56. The summed E-state index contributed by atoms with van der Waals surface area (Å²) in [7, 11) is 1.54. The predicted octanol–water partition coefficient (Wildman–Crippen LogP) is 1.91. The number of halogens is 1. The number of nitrogens with one attached hydrogen (secondary N) is 1. The van der Waals surface area contributed by atoms with Crippen molar-refractivity contribution in [2.24, 2.45) is 5.73 Å². The fourth-order valence-corrected chi connectivity index (χ4v) is 3.46. The Bertz CT molecular complexity index is 591. The zero-order chi connectivity index (χ0) is 17.5. The maximum atomic E-state index is 12.5. The molecule has 0 radical (unpaired) electrons. The summed E-state index contributed by atoms with van der Waals surface area (Å²) in [5.41, 5.74) is 7.76. The van der Waals surface area contributed by atoms with Crippen LogP contribution < -0.4 is 11.1 Å². The molecule has 1 atom stereocenters. The highest BCUT2D eigenvalue weighted by molar-refractivity contribution is 7.99. The number of hydrogen-bond acceptors (Lipinski definition) is 5. The molecule has 25 heavy (non-hydrogen) atoms. The lowest BCUT2D eigenvalue weighted by Crippen LogP contribution is -2.37. The van der Waals surface area contributed by atoms with E-state index >= 15 is 0 Å². The molecule has 2 rings (SSSR count). The number of methoxy groups -OCH3 is 1. The molecule has 1 saturated heterocycles. The number of nitrogens with two attached hydrogens (primary N) is 1. The zero-order valence-electron chi connectivity index (χ0n) is 14.6. The summed E-state index contributed by atoms with van der Waals surface area (Å²) >= 11 is 1.87. The topological polar surface area (TPSA) is 84.7 Å². The zero-order valence-corrected chi connectivity index (χ0v) is 16.3. The van der Waals surface area contributed by atoms with E-state index < -0.39 is 0 Å². The smallest absolute Gasteiger partial charge is 0.253 e. The molecule has 3 N–H and O–H groups in total. The molecule has 1 unspecified atom stereocenters. The molecule has 140 valence electrons. The molecule has 0 aromatic heterocycles. The summed E-state index contributed by atoms with van der Waals surface area (Å²) in [6.07, 6.45) is -0.0819. The number of ether oxygens (including phenoxy) is 1. The predicted molar refractivity (Wildman–Crippen MR) is 105 cm³/mol. The number of amides is 2. The van der Waals surface area contributed by atoms with Gasteiger partial charge in [-0.2, -0.15) is 11.8 Å². The summed E-state index contributed by atoms with van der Waals surface area (Å²) in [6, 6.07) is 5.38. The van der Waals surface area contributed by atoms with Crippen molar-refractivity contribution in [2.45, 2.75) is 19.4 Å². The first-order chi connectivity index (χ1) is 11.5. The molecular weight excluding hydrogens is 362 g/mol. The number of hydrogen-bond donors (Lipinski definition) is 2.